The van der Waals surface area contributed by atoms with E-state index in [-0.39, 0.29) is 0 Å². The number of alkyl halides is 1. The monoisotopic (exact) mass is 112 g/mol. The molecule has 0 unspecified atom stereocenters. The van der Waals surface area contributed by atoms with Crippen LogP contribution in [0.25, 0.3) is 0 Å². The van der Waals surface area contributed by atoms with Crippen LogP contribution in [0.15, 0.2) is 0 Å². The van der Waals surface area contributed by atoms with Crippen molar-refractivity contribution in [2.75, 3.05) is 12.4 Å². The van der Waals surface area contributed by atoms with E-state index < -0.39 is 25.2 Å². The van der Waals surface area contributed by atoms with Crippen molar-refractivity contribution in [2.45, 2.75) is 12.8 Å². The quantitative estimate of drug-likeness (QED) is 0.540. The van der Waals surface area contributed by atoms with E-state index in [2.05, 4.69) is 0 Å². The molecule has 1 nitrogen and oxygen atoms in total. The number of hydrogen-bond donors (Lipinski definition) is 1. The number of rotatable bonds is 3. The fourth-order valence-electron chi connectivity index (χ4n) is 0.103. The van der Waals surface area contributed by atoms with Gasteiger partial charge in [-0.05, 0) is 12.8 Å². The largest absolute Gasteiger partial charge is 0.396 e. The molecule has 0 aromatic carbocycles. The van der Waals surface area contributed by atoms with Gasteiger partial charge in [-0.1, -0.05) is 0 Å². The highest BCUT2D eigenvalue weighted by molar-refractivity contribution is 6.17. The highest BCUT2D eigenvalue weighted by Gasteiger charge is 1.77. The Balaban J connectivity index is 3.89. The maximum absolute atomic E-state index is 8.36. The van der Waals surface area contributed by atoms with Gasteiger partial charge in [0.25, 0.3) is 0 Å². The van der Waals surface area contributed by atoms with Crippen molar-refractivity contribution in [2.24, 2.45) is 0 Å². The summed E-state index contributed by atoms with van der Waals surface area (Å²) < 4.78 is 27.4. The Bertz CT molecular complexity index is 110. The average molecular weight is 113 g/mol. The molecule has 0 spiro atoms. The van der Waals surface area contributed by atoms with Gasteiger partial charge in [-0.25, -0.2) is 0 Å². The first-order valence-electron chi connectivity index (χ1n) is 3.57. The maximum atomic E-state index is 8.36. The van der Waals surface area contributed by atoms with E-state index in [0.717, 1.165) is 0 Å². The third-order valence-corrected chi connectivity index (χ3v) is 0.437. The first-order chi connectivity index (χ1) is 4.27. The van der Waals surface area contributed by atoms with E-state index in [1.165, 1.54) is 0 Å². The van der Waals surface area contributed by atoms with Crippen LogP contribution in [0, 0.1) is 0 Å². The lowest BCUT2D eigenvalue weighted by molar-refractivity contribution is 0.287. The minimum atomic E-state index is -2.08. The molecule has 6 heavy (non-hydrogen) atoms. The molecule has 0 fully saturated rings. The summed E-state index contributed by atoms with van der Waals surface area (Å²) in [6, 6.07) is 0. The van der Waals surface area contributed by atoms with Crippen LogP contribution in [0.3, 0.4) is 0 Å². The van der Waals surface area contributed by atoms with Crippen molar-refractivity contribution >= 4 is 11.6 Å². The zero-order valence-electron chi connectivity index (χ0n) is 7.24. The normalized spacial score (nSPS) is 23.7. The van der Waals surface area contributed by atoms with Crippen LogP contribution in [-0.2, 0) is 0 Å². The zero-order valence-corrected chi connectivity index (χ0v) is 4.00. The topological polar surface area (TPSA) is 20.2 Å². The molecule has 1 N–H and O–H groups in total. The van der Waals surface area contributed by atoms with Gasteiger partial charge in [0.05, 0.1) is 0 Å². The van der Waals surface area contributed by atoms with E-state index in [1.807, 2.05) is 0 Å². The van der Waals surface area contributed by atoms with Crippen LogP contribution in [0.2, 0.25) is 0 Å². The summed E-state index contributed by atoms with van der Waals surface area (Å²) in [5.74, 6) is -2.08. The van der Waals surface area contributed by atoms with Crippen molar-refractivity contribution in [3.8, 4) is 0 Å². The van der Waals surface area contributed by atoms with Gasteiger partial charge in [0, 0.05) is 17.9 Å². The standard InChI is InChI=1S/C4H9ClO/c5-3-1-2-4-6/h6H,1-4H2/i2D2,3D2. The van der Waals surface area contributed by atoms with Gasteiger partial charge >= 0.3 is 0 Å². The molecule has 0 rings (SSSR count). The van der Waals surface area contributed by atoms with E-state index in [0.29, 0.717) is 0 Å². The maximum Gasteiger partial charge on any atom is 0.0435 e. The van der Waals surface area contributed by atoms with Crippen LogP contribution >= 0.6 is 11.6 Å². The lowest BCUT2D eigenvalue weighted by Gasteiger charge is -1.84. The molecule has 0 bridgehead atoms. The van der Waals surface area contributed by atoms with Gasteiger partial charge in [0.2, 0.25) is 0 Å². The summed E-state index contributed by atoms with van der Waals surface area (Å²) in [6.07, 6.45) is -2.43. The molecule has 0 aliphatic carbocycles. The second-order valence-electron chi connectivity index (χ2n) is 0.719. The van der Waals surface area contributed by atoms with Crippen LogP contribution in [0.4, 0.5) is 0 Å². The molecule has 0 saturated heterocycles. The Morgan fingerprint density at radius 1 is 1.83 bits per heavy atom. The van der Waals surface area contributed by atoms with Crippen molar-refractivity contribution in [1.82, 2.24) is 0 Å². The van der Waals surface area contributed by atoms with E-state index in [9.17, 15) is 0 Å². The fraction of sp³-hybridized carbons (Fsp3) is 1.00. The predicted octanol–water partition coefficient (Wildman–Crippen LogP) is 0.998. The van der Waals surface area contributed by atoms with Crippen molar-refractivity contribution in [3.63, 3.8) is 0 Å². The summed E-state index contributed by atoms with van der Waals surface area (Å²) in [4.78, 5) is 0. The molecule has 0 amide bonds. The Hall–Kier alpha value is 0.250. The molecule has 38 valence electrons. The van der Waals surface area contributed by atoms with Gasteiger partial charge in [-0.15, -0.1) is 11.6 Å². The van der Waals surface area contributed by atoms with Crippen molar-refractivity contribution in [1.29, 1.82) is 0 Å². The summed E-state index contributed by atoms with van der Waals surface area (Å²) in [6.45, 7) is -0.709. The molecule has 0 atom stereocenters. The molecule has 0 heterocycles. The number of halogens is 1. The first kappa shape index (κ1) is 2.01. The molecule has 0 radical (unpaired) electrons. The third kappa shape index (κ3) is 4.25. The predicted molar refractivity (Wildman–Crippen MR) is 27.0 cm³/mol. The summed E-state index contributed by atoms with van der Waals surface area (Å²) >= 11 is 5.08. The SMILES string of the molecule is [2H]C([2H])(Cl)CC([2H])([2H])CO. The second-order valence-corrected chi connectivity index (χ2v) is 0.986. The Labute approximate surface area is 48.6 Å². The average Bonchev–Trinajstić information content (AvgIpc) is 1.60. The third-order valence-electron chi connectivity index (χ3n) is 0.304. The molecule has 0 aliphatic rings. The number of hydrogen-bond acceptors (Lipinski definition) is 1. The van der Waals surface area contributed by atoms with Gasteiger partial charge in [0.1, 0.15) is 0 Å². The van der Waals surface area contributed by atoms with Crippen LogP contribution < -0.4 is 0 Å². The van der Waals surface area contributed by atoms with Crippen LogP contribution in [0.5, 0.6) is 0 Å². The Morgan fingerprint density at radius 3 is 2.67 bits per heavy atom. The van der Waals surface area contributed by atoms with Gasteiger partial charge in [-0.2, -0.15) is 0 Å². The first-order valence-corrected chi connectivity index (χ1v) is 1.94. The molecule has 0 aliphatic heterocycles. The molecule has 2 heteroatoms. The molecule has 0 saturated carbocycles. The van der Waals surface area contributed by atoms with E-state index in [4.69, 9.17) is 22.2 Å². The Morgan fingerprint density at radius 2 is 2.50 bits per heavy atom. The number of aliphatic hydroxyl groups excluding tert-OH is 1. The van der Waals surface area contributed by atoms with Gasteiger partial charge in [-0.3, -0.25) is 0 Å². The highest BCUT2D eigenvalue weighted by atomic mass is 35.5. The van der Waals surface area contributed by atoms with Crippen LogP contribution in [0.1, 0.15) is 18.3 Å². The Kier molecular flexibility index (Phi) is 1.76. The van der Waals surface area contributed by atoms with Gasteiger partial charge < -0.3 is 5.11 Å². The summed E-state index contributed by atoms with van der Waals surface area (Å²) in [5.41, 5.74) is 0. The lowest BCUT2D eigenvalue weighted by atomic mass is 10.4. The minimum Gasteiger partial charge on any atom is -0.396 e. The van der Waals surface area contributed by atoms with Gasteiger partial charge in [0.15, 0.2) is 0 Å². The van der Waals surface area contributed by atoms with E-state index >= 15 is 0 Å². The lowest BCUT2D eigenvalue weighted by Crippen LogP contribution is -1.81. The fourth-order valence-corrected chi connectivity index (χ4v) is 0.198. The molecular formula is C4H9ClO. The summed E-state index contributed by atoms with van der Waals surface area (Å²) in [7, 11) is 0. The summed E-state index contributed by atoms with van der Waals surface area (Å²) in [5, 5.41) is 8.36. The highest BCUT2D eigenvalue weighted by Crippen LogP contribution is 1.87. The van der Waals surface area contributed by atoms with Crippen molar-refractivity contribution < 1.29 is 10.6 Å². The second kappa shape index (κ2) is 5.25. The molecule has 0 aromatic rings. The van der Waals surface area contributed by atoms with Crippen molar-refractivity contribution in [3.05, 3.63) is 0 Å². The van der Waals surface area contributed by atoms with E-state index in [1.54, 1.807) is 0 Å². The minimum absolute atomic E-state index is 0.502. The number of aliphatic hydroxyl groups is 1. The molecule has 0 aromatic heterocycles. The zero-order chi connectivity index (χ0) is 8.41. The van der Waals surface area contributed by atoms with Crippen LogP contribution in [-0.4, -0.2) is 17.5 Å². The molecular weight excluding hydrogens is 99.5 g/mol. The smallest absolute Gasteiger partial charge is 0.0435 e.